The maximum absolute atomic E-state index is 14.4. The number of rotatable bonds is 3. The van der Waals surface area contributed by atoms with Crippen molar-refractivity contribution in [2.24, 2.45) is 0 Å². The van der Waals surface area contributed by atoms with Crippen molar-refractivity contribution in [3.8, 4) is 17.6 Å². The van der Waals surface area contributed by atoms with Crippen LogP contribution in [0.25, 0.3) is 0 Å². The van der Waals surface area contributed by atoms with Crippen molar-refractivity contribution in [2.45, 2.75) is 23.1 Å². The van der Waals surface area contributed by atoms with Gasteiger partial charge in [-0.1, -0.05) is 0 Å². The minimum Gasteiger partial charge on any atom is -0.455 e. The maximum atomic E-state index is 14.4. The molecular formula is C16H11F3N2O4S. The van der Waals surface area contributed by atoms with Crippen molar-refractivity contribution in [2.75, 3.05) is 6.26 Å². The van der Waals surface area contributed by atoms with Crippen LogP contribution in [0.3, 0.4) is 0 Å². The number of alkyl halides is 3. The molecule has 26 heavy (non-hydrogen) atoms. The molecule has 1 aromatic heterocycles. The highest BCUT2D eigenvalue weighted by Crippen LogP contribution is 2.57. The van der Waals surface area contributed by atoms with Crippen LogP contribution in [-0.4, -0.2) is 30.7 Å². The van der Waals surface area contributed by atoms with Crippen molar-refractivity contribution >= 4 is 9.84 Å². The predicted molar refractivity (Wildman–Crippen MR) is 82.3 cm³/mol. The fourth-order valence-electron chi connectivity index (χ4n) is 2.74. The van der Waals surface area contributed by atoms with E-state index in [1.54, 1.807) is 0 Å². The molecule has 1 aromatic carbocycles. The molecule has 0 radical (unpaired) electrons. The van der Waals surface area contributed by atoms with Crippen LogP contribution >= 0.6 is 0 Å². The van der Waals surface area contributed by atoms with Crippen molar-refractivity contribution < 1.29 is 31.4 Å². The van der Waals surface area contributed by atoms with Gasteiger partial charge in [0.2, 0.25) is 0 Å². The summed E-state index contributed by atoms with van der Waals surface area (Å²) in [7, 11) is -4.01. The summed E-state index contributed by atoms with van der Waals surface area (Å²) >= 11 is 0. The predicted octanol–water partition coefficient (Wildman–Crippen LogP) is 2.84. The van der Waals surface area contributed by atoms with E-state index in [1.807, 2.05) is 6.07 Å². The summed E-state index contributed by atoms with van der Waals surface area (Å²) in [6, 6.07) is 5.04. The third-order valence-electron chi connectivity index (χ3n) is 3.91. The fourth-order valence-corrected chi connectivity index (χ4v) is 3.67. The summed E-state index contributed by atoms with van der Waals surface area (Å²) in [4.78, 5) is 3.13. The van der Waals surface area contributed by atoms with Crippen molar-refractivity contribution in [3.05, 3.63) is 47.3 Å². The first-order valence-electron chi connectivity index (χ1n) is 7.17. The number of aliphatic hydroxyl groups excluding tert-OH is 1. The topological polar surface area (TPSA) is 100 Å². The van der Waals surface area contributed by atoms with Crippen LogP contribution in [0.1, 0.15) is 29.0 Å². The monoisotopic (exact) mass is 384 g/mol. The molecule has 3 rings (SSSR count). The standard InChI is InChI=1S/C16H11F3N2O4S/c1-26(23,24)11-3-2-10(25-9-4-8(5-20)6-21-7-9)12-13(11)15(22)16(18,19)14(12)17/h2-4,6-7,14-15,22H,1H3. The van der Waals surface area contributed by atoms with Gasteiger partial charge in [0.1, 0.15) is 23.7 Å². The number of nitrogens with zero attached hydrogens (tertiary/aromatic N) is 2. The van der Waals surface area contributed by atoms with Gasteiger partial charge in [-0.25, -0.2) is 12.8 Å². The van der Waals surface area contributed by atoms with Crippen molar-refractivity contribution in [3.63, 3.8) is 0 Å². The van der Waals surface area contributed by atoms with E-state index in [-0.39, 0.29) is 11.3 Å². The SMILES string of the molecule is CS(=O)(=O)c1ccc(Oc2cncc(C#N)c2)c2c1C(O)C(F)(F)C2F. The van der Waals surface area contributed by atoms with Crippen LogP contribution in [0.5, 0.6) is 11.5 Å². The van der Waals surface area contributed by atoms with Gasteiger partial charge in [-0.2, -0.15) is 14.0 Å². The maximum Gasteiger partial charge on any atom is 0.312 e. The quantitative estimate of drug-likeness (QED) is 0.873. The summed E-state index contributed by atoms with van der Waals surface area (Å²) in [5.74, 6) is -4.64. The third kappa shape index (κ3) is 2.79. The van der Waals surface area contributed by atoms with Crippen LogP contribution in [0.2, 0.25) is 0 Å². The molecule has 10 heteroatoms. The molecule has 2 aromatic rings. The second-order valence-electron chi connectivity index (χ2n) is 5.72. The molecule has 1 aliphatic carbocycles. The number of hydrogen-bond acceptors (Lipinski definition) is 6. The molecule has 136 valence electrons. The first kappa shape index (κ1) is 18.2. The van der Waals surface area contributed by atoms with Gasteiger partial charge in [0.25, 0.3) is 0 Å². The van der Waals surface area contributed by atoms with E-state index in [0.29, 0.717) is 0 Å². The highest BCUT2D eigenvalue weighted by Gasteiger charge is 2.58. The number of aliphatic hydroxyl groups is 1. The summed E-state index contributed by atoms with van der Waals surface area (Å²) in [6.07, 6.45) is -2.42. The molecule has 0 saturated heterocycles. The van der Waals surface area contributed by atoms with E-state index in [2.05, 4.69) is 4.98 Å². The smallest absolute Gasteiger partial charge is 0.312 e. The van der Waals surface area contributed by atoms with Gasteiger partial charge in [-0.05, 0) is 12.1 Å². The van der Waals surface area contributed by atoms with Crippen LogP contribution < -0.4 is 4.74 Å². The molecule has 0 spiro atoms. The zero-order valence-corrected chi connectivity index (χ0v) is 14.0. The van der Waals surface area contributed by atoms with E-state index in [1.165, 1.54) is 18.5 Å². The van der Waals surface area contributed by atoms with Crippen LogP contribution in [-0.2, 0) is 9.84 Å². The fraction of sp³-hybridized carbons (Fsp3) is 0.250. The van der Waals surface area contributed by atoms with E-state index < -0.39 is 49.8 Å². The normalized spacial score (nSPS) is 21.1. The number of aromatic nitrogens is 1. The van der Waals surface area contributed by atoms with Gasteiger partial charge in [0.05, 0.1) is 16.7 Å². The van der Waals surface area contributed by atoms with Crippen molar-refractivity contribution in [1.29, 1.82) is 5.26 Å². The summed E-state index contributed by atoms with van der Waals surface area (Å²) in [5, 5.41) is 18.7. The molecule has 2 unspecified atom stereocenters. The Hall–Kier alpha value is -2.64. The van der Waals surface area contributed by atoms with Gasteiger partial charge in [0.15, 0.2) is 16.0 Å². The Balaban J connectivity index is 2.20. The summed E-state index contributed by atoms with van der Waals surface area (Å²) in [5.41, 5.74) is -1.35. The summed E-state index contributed by atoms with van der Waals surface area (Å²) < 4.78 is 71.4. The average Bonchev–Trinajstić information content (AvgIpc) is 2.75. The third-order valence-corrected chi connectivity index (χ3v) is 5.06. The number of fused-ring (bicyclic) bond motifs is 1. The number of halogens is 3. The van der Waals surface area contributed by atoms with Gasteiger partial charge in [-0.15, -0.1) is 0 Å². The Bertz CT molecular complexity index is 1030. The number of nitriles is 1. The van der Waals surface area contributed by atoms with E-state index >= 15 is 0 Å². The number of ether oxygens (including phenoxy) is 1. The number of pyridine rings is 1. The Morgan fingerprint density at radius 2 is 2.00 bits per heavy atom. The van der Waals surface area contributed by atoms with Gasteiger partial charge >= 0.3 is 5.92 Å². The Kier molecular flexibility index (Phi) is 4.17. The first-order chi connectivity index (χ1) is 12.1. The molecule has 0 fully saturated rings. The zero-order valence-electron chi connectivity index (χ0n) is 13.1. The summed E-state index contributed by atoms with van der Waals surface area (Å²) in [6.45, 7) is 0. The lowest BCUT2D eigenvalue weighted by Crippen LogP contribution is -2.24. The van der Waals surface area contributed by atoms with E-state index in [9.17, 15) is 26.7 Å². The Labute approximate surface area is 146 Å². The Morgan fingerprint density at radius 3 is 2.62 bits per heavy atom. The first-order valence-corrected chi connectivity index (χ1v) is 9.06. The lowest BCUT2D eigenvalue weighted by Gasteiger charge is -2.16. The Morgan fingerprint density at radius 1 is 1.31 bits per heavy atom. The molecule has 1 aliphatic rings. The van der Waals surface area contributed by atoms with Crippen LogP contribution in [0.15, 0.2) is 35.5 Å². The lowest BCUT2D eigenvalue weighted by molar-refractivity contribution is -0.143. The molecule has 1 heterocycles. The number of benzene rings is 1. The van der Waals surface area contributed by atoms with Gasteiger partial charge < -0.3 is 9.84 Å². The van der Waals surface area contributed by atoms with E-state index in [4.69, 9.17) is 10.00 Å². The van der Waals surface area contributed by atoms with Gasteiger partial charge in [0, 0.05) is 29.6 Å². The molecule has 0 bridgehead atoms. The average molecular weight is 384 g/mol. The van der Waals surface area contributed by atoms with Crippen molar-refractivity contribution in [1.82, 2.24) is 4.98 Å². The minimum atomic E-state index is -4.21. The minimum absolute atomic E-state index is 0.0322. The highest BCUT2D eigenvalue weighted by atomic mass is 32.2. The van der Waals surface area contributed by atoms with Crippen LogP contribution in [0, 0.1) is 11.3 Å². The van der Waals surface area contributed by atoms with Gasteiger partial charge in [-0.3, -0.25) is 4.98 Å². The molecule has 0 aliphatic heterocycles. The lowest BCUT2D eigenvalue weighted by atomic mass is 10.1. The molecule has 6 nitrogen and oxygen atoms in total. The second-order valence-corrected chi connectivity index (χ2v) is 7.71. The number of hydrogen-bond donors (Lipinski definition) is 1. The molecule has 0 saturated carbocycles. The van der Waals surface area contributed by atoms with E-state index in [0.717, 1.165) is 18.4 Å². The number of sulfone groups is 1. The zero-order chi connectivity index (χ0) is 19.3. The van der Waals surface area contributed by atoms with Crippen LogP contribution in [0.4, 0.5) is 13.2 Å². The molecule has 1 N–H and O–H groups in total. The highest BCUT2D eigenvalue weighted by molar-refractivity contribution is 7.90. The largest absolute Gasteiger partial charge is 0.455 e. The molecule has 2 atom stereocenters. The molecular weight excluding hydrogens is 373 g/mol. The molecule has 0 amide bonds. The second kappa shape index (κ2) is 5.96.